The number of nitrogens with one attached hydrogen (secondary N) is 1. The van der Waals surface area contributed by atoms with Crippen molar-refractivity contribution in [1.82, 2.24) is 5.32 Å². The Bertz CT molecular complexity index is 433. The molecule has 0 aliphatic heterocycles. The van der Waals surface area contributed by atoms with Crippen LogP contribution in [0.2, 0.25) is 0 Å². The van der Waals surface area contributed by atoms with E-state index in [9.17, 15) is 4.79 Å². The summed E-state index contributed by atoms with van der Waals surface area (Å²) in [5.41, 5.74) is 0.175. The van der Waals surface area contributed by atoms with Crippen LogP contribution in [0.25, 0.3) is 0 Å². The predicted octanol–water partition coefficient (Wildman–Crippen LogP) is 4.01. The van der Waals surface area contributed by atoms with Crippen LogP contribution in [-0.2, 0) is 15.1 Å². The number of rotatable bonds is 7. The first-order valence-corrected chi connectivity index (χ1v) is 8.00. The van der Waals surface area contributed by atoms with Gasteiger partial charge in [-0.15, -0.1) is 0 Å². The molecule has 1 N–H and O–H groups in total. The van der Waals surface area contributed by atoms with Crippen LogP contribution >= 0.6 is 15.9 Å². The Hall–Kier alpha value is -0.870. The van der Waals surface area contributed by atoms with Crippen LogP contribution in [0, 0.1) is 0 Å². The molecule has 0 saturated carbocycles. The van der Waals surface area contributed by atoms with Gasteiger partial charge in [-0.05, 0) is 44.4 Å². The molecular formula is C16H24BrNO2. The fourth-order valence-electron chi connectivity index (χ4n) is 2.22. The van der Waals surface area contributed by atoms with E-state index in [0.29, 0.717) is 13.0 Å². The van der Waals surface area contributed by atoms with Gasteiger partial charge < -0.3 is 4.74 Å². The highest BCUT2D eigenvalue weighted by Gasteiger charge is 2.40. The van der Waals surface area contributed by atoms with Crippen molar-refractivity contribution in [3.8, 4) is 0 Å². The minimum Gasteiger partial charge on any atom is -0.464 e. The second-order valence-electron chi connectivity index (χ2n) is 4.94. The Morgan fingerprint density at radius 3 is 2.35 bits per heavy atom. The van der Waals surface area contributed by atoms with E-state index in [-0.39, 0.29) is 12.0 Å². The van der Waals surface area contributed by atoms with Gasteiger partial charge >= 0.3 is 5.97 Å². The lowest BCUT2D eigenvalue weighted by Crippen LogP contribution is -2.53. The minimum atomic E-state index is -0.772. The quantitative estimate of drug-likeness (QED) is 0.761. The molecular weight excluding hydrogens is 318 g/mol. The second kappa shape index (κ2) is 7.79. The molecule has 20 heavy (non-hydrogen) atoms. The van der Waals surface area contributed by atoms with E-state index in [4.69, 9.17) is 4.74 Å². The third-order valence-electron chi connectivity index (χ3n) is 3.60. The molecule has 0 saturated heterocycles. The van der Waals surface area contributed by atoms with Gasteiger partial charge in [-0.25, -0.2) is 4.79 Å². The summed E-state index contributed by atoms with van der Waals surface area (Å²) in [7, 11) is 0. The molecule has 0 amide bonds. The zero-order chi connectivity index (χ0) is 15.2. The van der Waals surface area contributed by atoms with Gasteiger partial charge in [0, 0.05) is 10.5 Å². The fourth-order valence-corrected chi connectivity index (χ4v) is 2.49. The van der Waals surface area contributed by atoms with E-state index in [1.807, 2.05) is 38.1 Å². The zero-order valence-corrected chi connectivity index (χ0v) is 14.3. The molecule has 0 heterocycles. The van der Waals surface area contributed by atoms with Crippen LogP contribution in [-0.4, -0.2) is 18.6 Å². The number of hydrogen-bond acceptors (Lipinski definition) is 3. The lowest BCUT2D eigenvalue weighted by atomic mass is 9.86. The van der Waals surface area contributed by atoms with Crippen molar-refractivity contribution in [3.05, 3.63) is 34.3 Å². The molecule has 0 bridgehead atoms. The van der Waals surface area contributed by atoms with Gasteiger partial charge in [0.15, 0.2) is 0 Å². The topological polar surface area (TPSA) is 38.3 Å². The molecule has 4 heteroatoms. The molecule has 0 aliphatic carbocycles. The Labute approximate surface area is 130 Å². The zero-order valence-electron chi connectivity index (χ0n) is 12.7. The van der Waals surface area contributed by atoms with Crippen LogP contribution in [0.15, 0.2) is 28.7 Å². The van der Waals surface area contributed by atoms with Gasteiger partial charge in [0.2, 0.25) is 0 Å². The van der Waals surface area contributed by atoms with Gasteiger partial charge in [-0.1, -0.05) is 41.9 Å². The summed E-state index contributed by atoms with van der Waals surface area (Å²) in [6.45, 7) is 8.42. The van der Waals surface area contributed by atoms with E-state index in [2.05, 4.69) is 35.1 Å². The van der Waals surface area contributed by atoms with Crippen molar-refractivity contribution in [2.45, 2.75) is 52.1 Å². The van der Waals surface area contributed by atoms with Gasteiger partial charge in [-0.2, -0.15) is 0 Å². The SMILES string of the molecule is CCOC(=O)C(CC)(NC(C)CC)c1ccc(Br)cc1. The third kappa shape index (κ3) is 3.83. The van der Waals surface area contributed by atoms with Crippen molar-refractivity contribution in [3.63, 3.8) is 0 Å². The largest absolute Gasteiger partial charge is 0.464 e. The van der Waals surface area contributed by atoms with E-state index in [1.54, 1.807) is 0 Å². The minimum absolute atomic E-state index is 0.204. The fraction of sp³-hybridized carbons (Fsp3) is 0.562. The highest BCUT2D eigenvalue weighted by Crippen LogP contribution is 2.29. The van der Waals surface area contributed by atoms with Gasteiger partial charge in [-0.3, -0.25) is 5.32 Å². The molecule has 2 atom stereocenters. The standard InChI is InChI=1S/C16H24BrNO2/c1-5-12(4)18-16(6-2,15(19)20-7-3)13-8-10-14(17)11-9-13/h8-12,18H,5-7H2,1-4H3. The van der Waals surface area contributed by atoms with Crippen molar-refractivity contribution in [1.29, 1.82) is 0 Å². The van der Waals surface area contributed by atoms with E-state index in [0.717, 1.165) is 16.5 Å². The summed E-state index contributed by atoms with van der Waals surface area (Å²) >= 11 is 3.43. The highest BCUT2D eigenvalue weighted by molar-refractivity contribution is 9.10. The maximum atomic E-state index is 12.5. The molecule has 1 rings (SSSR count). The Balaban J connectivity index is 3.22. The number of carbonyl (C=O) groups excluding carboxylic acids is 1. The van der Waals surface area contributed by atoms with Gasteiger partial charge in [0.1, 0.15) is 5.54 Å². The van der Waals surface area contributed by atoms with Crippen molar-refractivity contribution < 1.29 is 9.53 Å². The number of hydrogen-bond donors (Lipinski definition) is 1. The maximum Gasteiger partial charge on any atom is 0.330 e. The Morgan fingerprint density at radius 1 is 1.30 bits per heavy atom. The van der Waals surface area contributed by atoms with Crippen molar-refractivity contribution in [2.75, 3.05) is 6.61 Å². The Kier molecular flexibility index (Phi) is 6.69. The first-order valence-electron chi connectivity index (χ1n) is 7.21. The average molecular weight is 342 g/mol. The molecule has 0 radical (unpaired) electrons. The molecule has 0 fully saturated rings. The van der Waals surface area contributed by atoms with Gasteiger partial charge in [0.05, 0.1) is 6.61 Å². The number of benzene rings is 1. The predicted molar refractivity (Wildman–Crippen MR) is 85.6 cm³/mol. The smallest absolute Gasteiger partial charge is 0.330 e. The van der Waals surface area contributed by atoms with E-state index in [1.165, 1.54) is 0 Å². The first-order chi connectivity index (χ1) is 9.50. The summed E-state index contributed by atoms with van der Waals surface area (Å²) in [5.74, 6) is -0.204. The highest BCUT2D eigenvalue weighted by atomic mass is 79.9. The summed E-state index contributed by atoms with van der Waals surface area (Å²) in [6, 6.07) is 8.09. The molecule has 1 aromatic rings. The van der Waals surface area contributed by atoms with Crippen LogP contribution < -0.4 is 5.32 Å². The number of halogens is 1. The molecule has 0 aromatic heterocycles. The molecule has 1 aromatic carbocycles. The molecule has 3 nitrogen and oxygen atoms in total. The lowest BCUT2D eigenvalue weighted by Gasteiger charge is -2.34. The summed E-state index contributed by atoms with van der Waals surface area (Å²) in [4.78, 5) is 12.5. The lowest BCUT2D eigenvalue weighted by molar-refractivity contribution is -0.152. The number of carbonyl (C=O) groups is 1. The van der Waals surface area contributed by atoms with Gasteiger partial charge in [0.25, 0.3) is 0 Å². The normalized spacial score (nSPS) is 15.4. The average Bonchev–Trinajstić information content (AvgIpc) is 2.45. The summed E-state index contributed by atoms with van der Waals surface area (Å²) in [5, 5.41) is 3.46. The van der Waals surface area contributed by atoms with E-state index < -0.39 is 5.54 Å². The van der Waals surface area contributed by atoms with Crippen LogP contribution in [0.5, 0.6) is 0 Å². The molecule has 0 aliphatic rings. The van der Waals surface area contributed by atoms with Crippen LogP contribution in [0.3, 0.4) is 0 Å². The van der Waals surface area contributed by atoms with E-state index >= 15 is 0 Å². The van der Waals surface area contributed by atoms with Crippen LogP contribution in [0.1, 0.15) is 46.1 Å². The molecule has 2 unspecified atom stereocenters. The summed E-state index contributed by atoms with van der Waals surface area (Å²) in [6.07, 6.45) is 1.61. The number of ether oxygens (including phenoxy) is 1. The van der Waals surface area contributed by atoms with Crippen LogP contribution in [0.4, 0.5) is 0 Å². The maximum absolute atomic E-state index is 12.5. The summed E-state index contributed by atoms with van der Waals surface area (Å²) < 4.78 is 6.31. The second-order valence-corrected chi connectivity index (χ2v) is 5.86. The monoisotopic (exact) mass is 341 g/mol. The Morgan fingerprint density at radius 2 is 1.90 bits per heavy atom. The van der Waals surface area contributed by atoms with Crippen molar-refractivity contribution in [2.24, 2.45) is 0 Å². The third-order valence-corrected chi connectivity index (χ3v) is 4.13. The van der Waals surface area contributed by atoms with Crippen molar-refractivity contribution >= 4 is 21.9 Å². The first kappa shape index (κ1) is 17.2. The molecule has 112 valence electrons. The number of esters is 1. The molecule has 0 spiro atoms.